The zero-order valence-corrected chi connectivity index (χ0v) is 9.15. The highest BCUT2D eigenvalue weighted by molar-refractivity contribution is 5.69. The lowest BCUT2D eigenvalue weighted by Crippen LogP contribution is -1.98. The molecule has 1 saturated carbocycles. The molecule has 2 aliphatic rings. The van der Waals surface area contributed by atoms with E-state index < -0.39 is 0 Å². The molecule has 84 valence electrons. The summed E-state index contributed by atoms with van der Waals surface area (Å²) in [7, 11) is 0. The lowest BCUT2D eigenvalue weighted by molar-refractivity contribution is 0.628. The van der Waals surface area contributed by atoms with Crippen molar-refractivity contribution in [3.63, 3.8) is 0 Å². The largest absolute Gasteiger partial charge is 0.366 e. The molecule has 2 nitrogen and oxygen atoms in total. The Balaban J connectivity index is 1.82. The maximum atomic E-state index is 13.2. The number of rotatable bonds is 1. The van der Waals surface area contributed by atoms with Gasteiger partial charge in [0.1, 0.15) is 11.6 Å². The first-order chi connectivity index (χ1) is 8.31. The molecular weight excluding hydrogens is 215 g/mol. The minimum atomic E-state index is -0.203. The van der Waals surface area contributed by atoms with Crippen LogP contribution < -0.4 is 5.32 Å². The maximum Gasteiger partial charge on any atom is 0.129 e. The minimum absolute atomic E-state index is 0.203. The van der Waals surface area contributed by atoms with E-state index in [4.69, 9.17) is 0 Å². The van der Waals surface area contributed by atoms with Gasteiger partial charge in [0, 0.05) is 29.3 Å². The van der Waals surface area contributed by atoms with Crippen LogP contribution in [-0.4, -0.2) is 11.0 Å². The number of pyridine rings is 1. The van der Waals surface area contributed by atoms with Crippen LogP contribution in [0.2, 0.25) is 0 Å². The monoisotopic (exact) mass is 226 g/mol. The van der Waals surface area contributed by atoms with Crippen LogP contribution in [0, 0.1) is 5.82 Å². The standard InChI is InChI=1S/C14H11FN2/c15-10-3-1-2-8(4-10)9-5-12-11-6-13(11)17-14(12)16-7-9/h1-5,7,11,13H,6H2,(H,16,17). The second-order valence-corrected chi connectivity index (χ2v) is 4.77. The van der Waals surface area contributed by atoms with Crippen LogP contribution in [0.4, 0.5) is 10.2 Å². The van der Waals surface area contributed by atoms with Gasteiger partial charge in [0.05, 0.1) is 0 Å². The first-order valence-electron chi connectivity index (χ1n) is 5.84. The molecule has 2 unspecified atom stereocenters. The Morgan fingerprint density at radius 1 is 1.24 bits per heavy atom. The van der Waals surface area contributed by atoms with Gasteiger partial charge in [-0.25, -0.2) is 9.37 Å². The van der Waals surface area contributed by atoms with Gasteiger partial charge in [0.25, 0.3) is 0 Å². The summed E-state index contributed by atoms with van der Waals surface area (Å²) in [6.07, 6.45) is 3.02. The Kier molecular flexibility index (Phi) is 1.65. The Hall–Kier alpha value is -1.90. The van der Waals surface area contributed by atoms with Crippen LogP contribution in [0.5, 0.6) is 0 Å². The zero-order valence-electron chi connectivity index (χ0n) is 9.15. The summed E-state index contributed by atoms with van der Waals surface area (Å²) in [6.45, 7) is 0. The normalized spacial score (nSPS) is 23.8. The first-order valence-corrected chi connectivity index (χ1v) is 5.84. The van der Waals surface area contributed by atoms with Crippen molar-refractivity contribution in [3.05, 3.63) is 47.9 Å². The summed E-state index contributed by atoms with van der Waals surface area (Å²) in [5.41, 5.74) is 3.18. The highest BCUT2D eigenvalue weighted by atomic mass is 19.1. The number of benzene rings is 1. The minimum Gasteiger partial charge on any atom is -0.366 e. The molecule has 0 spiro atoms. The lowest BCUT2D eigenvalue weighted by atomic mass is 10.0. The van der Waals surface area contributed by atoms with Crippen molar-refractivity contribution in [1.82, 2.24) is 4.98 Å². The molecule has 2 atom stereocenters. The SMILES string of the molecule is Fc1cccc(-c2cnc3c(c2)C2CC2N3)c1. The number of hydrogen-bond acceptors (Lipinski definition) is 2. The van der Waals surface area contributed by atoms with E-state index in [0.29, 0.717) is 12.0 Å². The second kappa shape index (κ2) is 3.06. The topological polar surface area (TPSA) is 24.9 Å². The van der Waals surface area contributed by atoms with Crippen molar-refractivity contribution in [2.24, 2.45) is 0 Å². The third-order valence-corrected chi connectivity index (χ3v) is 3.59. The van der Waals surface area contributed by atoms with E-state index in [0.717, 1.165) is 16.9 Å². The quantitative estimate of drug-likeness (QED) is 0.807. The fourth-order valence-corrected chi connectivity index (χ4v) is 2.58. The molecule has 1 aliphatic carbocycles. The predicted molar refractivity (Wildman–Crippen MR) is 64.4 cm³/mol. The van der Waals surface area contributed by atoms with Crippen molar-refractivity contribution in [1.29, 1.82) is 0 Å². The van der Waals surface area contributed by atoms with Crippen LogP contribution in [0.1, 0.15) is 17.9 Å². The number of nitrogens with zero attached hydrogens (tertiary/aromatic N) is 1. The Labute approximate surface area is 98.5 Å². The fourth-order valence-electron chi connectivity index (χ4n) is 2.58. The number of fused-ring (bicyclic) bond motifs is 3. The number of halogens is 1. The van der Waals surface area contributed by atoms with E-state index in [1.54, 1.807) is 12.1 Å². The Morgan fingerprint density at radius 3 is 3.06 bits per heavy atom. The summed E-state index contributed by atoms with van der Waals surface area (Å²) in [5, 5.41) is 3.38. The summed E-state index contributed by atoms with van der Waals surface area (Å²) in [6, 6.07) is 9.40. The number of nitrogens with one attached hydrogen (secondary N) is 1. The van der Waals surface area contributed by atoms with E-state index in [1.807, 2.05) is 12.3 Å². The summed E-state index contributed by atoms with van der Waals surface area (Å²) in [4.78, 5) is 4.41. The molecule has 0 saturated heterocycles. The fraction of sp³-hybridized carbons (Fsp3) is 0.214. The molecule has 4 rings (SSSR count). The molecule has 1 aromatic carbocycles. The van der Waals surface area contributed by atoms with E-state index in [1.165, 1.54) is 18.1 Å². The third-order valence-electron chi connectivity index (χ3n) is 3.59. The van der Waals surface area contributed by atoms with Crippen molar-refractivity contribution in [2.45, 2.75) is 18.4 Å². The lowest BCUT2D eigenvalue weighted by Gasteiger charge is -2.06. The van der Waals surface area contributed by atoms with Gasteiger partial charge in [-0.1, -0.05) is 12.1 Å². The van der Waals surface area contributed by atoms with Gasteiger partial charge in [-0.2, -0.15) is 0 Å². The molecule has 3 heteroatoms. The van der Waals surface area contributed by atoms with Gasteiger partial charge in [-0.05, 0) is 30.2 Å². The molecule has 0 bridgehead atoms. The molecule has 0 amide bonds. The molecule has 1 fully saturated rings. The van der Waals surface area contributed by atoms with Gasteiger partial charge in [-0.3, -0.25) is 0 Å². The van der Waals surface area contributed by atoms with Crippen molar-refractivity contribution in [2.75, 3.05) is 5.32 Å². The molecule has 2 aromatic rings. The van der Waals surface area contributed by atoms with Crippen LogP contribution in [-0.2, 0) is 0 Å². The van der Waals surface area contributed by atoms with E-state index in [2.05, 4.69) is 16.4 Å². The maximum absolute atomic E-state index is 13.2. The average molecular weight is 226 g/mol. The third kappa shape index (κ3) is 1.35. The number of anilines is 1. The van der Waals surface area contributed by atoms with Crippen molar-refractivity contribution >= 4 is 5.82 Å². The van der Waals surface area contributed by atoms with E-state index in [9.17, 15) is 4.39 Å². The molecule has 0 radical (unpaired) electrons. The van der Waals surface area contributed by atoms with Gasteiger partial charge in [-0.15, -0.1) is 0 Å². The predicted octanol–water partition coefficient (Wildman–Crippen LogP) is 3.17. The highest BCUT2D eigenvalue weighted by Gasteiger charge is 2.46. The summed E-state index contributed by atoms with van der Waals surface area (Å²) < 4.78 is 13.2. The highest BCUT2D eigenvalue weighted by Crippen LogP contribution is 2.51. The van der Waals surface area contributed by atoms with Gasteiger partial charge in [0.2, 0.25) is 0 Å². The summed E-state index contributed by atoms with van der Waals surface area (Å²) >= 11 is 0. The number of aromatic nitrogens is 1. The molecule has 17 heavy (non-hydrogen) atoms. The molecular formula is C14H11FN2. The molecule has 1 aromatic heterocycles. The number of hydrogen-bond donors (Lipinski definition) is 1. The van der Waals surface area contributed by atoms with E-state index in [-0.39, 0.29) is 5.82 Å². The molecule has 2 heterocycles. The Morgan fingerprint density at radius 2 is 2.18 bits per heavy atom. The molecule has 1 aliphatic heterocycles. The Bertz CT molecular complexity index is 609. The average Bonchev–Trinajstić information content (AvgIpc) is 3.02. The van der Waals surface area contributed by atoms with Crippen molar-refractivity contribution < 1.29 is 4.39 Å². The zero-order chi connectivity index (χ0) is 11.4. The van der Waals surface area contributed by atoms with Crippen molar-refractivity contribution in [3.8, 4) is 11.1 Å². The van der Waals surface area contributed by atoms with Crippen LogP contribution in [0.15, 0.2) is 36.5 Å². The smallest absolute Gasteiger partial charge is 0.129 e. The molecule has 1 N–H and O–H groups in total. The van der Waals surface area contributed by atoms with Gasteiger partial charge < -0.3 is 5.32 Å². The first kappa shape index (κ1) is 9.16. The summed E-state index contributed by atoms with van der Waals surface area (Å²) in [5.74, 6) is 1.43. The van der Waals surface area contributed by atoms with Crippen LogP contribution >= 0.6 is 0 Å². The van der Waals surface area contributed by atoms with E-state index >= 15 is 0 Å². The van der Waals surface area contributed by atoms with Crippen LogP contribution in [0.25, 0.3) is 11.1 Å². The second-order valence-electron chi connectivity index (χ2n) is 4.77. The van der Waals surface area contributed by atoms with Gasteiger partial charge >= 0.3 is 0 Å². The van der Waals surface area contributed by atoms with Crippen LogP contribution in [0.3, 0.4) is 0 Å². The van der Waals surface area contributed by atoms with Gasteiger partial charge in [0.15, 0.2) is 0 Å².